The van der Waals surface area contributed by atoms with Gasteiger partial charge in [0.1, 0.15) is 17.2 Å². The van der Waals surface area contributed by atoms with Crippen LogP contribution in [0.3, 0.4) is 0 Å². The molecule has 1 N–H and O–H groups in total. The van der Waals surface area contributed by atoms with Crippen molar-refractivity contribution in [3.8, 4) is 0 Å². The molecule has 3 rings (SSSR count). The van der Waals surface area contributed by atoms with Gasteiger partial charge in [0.05, 0.1) is 18.7 Å². The molecule has 24 heavy (non-hydrogen) atoms. The number of rotatable bonds is 6. The fourth-order valence-corrected chi connectivity index (χ4v) is 3.38. The number of thiazole rings is 1. The quantitative estimate of drug-likeness (QED) is 0.839. The molecule has 0 saturated carbocycles. The van der Waals surface area contributed by atoms with E-state index in [4.69, 9.17) is 9.26 Å². The van der Waals surface area contributed by atoms with Gasteiger partial charge in [0.15, 0.2) is 5.82 Å². The van der Waals surface area contributed by atoms with Gasteiger partial charge in [-0.3, -0.25) is 4.79 Å². The number of nitrogens with one attached hydrogen (secondary N) is 1. The van der Waals surface area contributed by atoms with Gasteiger partial charge in [0.2, 0.25) is 11.8 Å². The minimum atomic E-state index is -0.222. The van der Waals surface area contributed by atoms with Gasteiger partial charge >= 0.3 is 0 Å². The Morgan fingerprint density at radius 2 is 2.29 bits per heavy atom. The van der Waals surface area contributed by atoms with Crippen molar-refractivity contribution >= 4 is 17.2 Å². The minimum absolute atomic E-state index is 0.0247. The summed E-state index contributed by atoms with van der Waals surface area (Å²) in [5.74, 6) is 1.08. The van der Waals surface area contributed by atoms with Gasteiger partial charge in [0.25, 0.3) is 0 Å². The molecule has 3 heterocycles. The van der Waals surface area contributed by atoms with Gasteiger partial charge in [-0.05, 0) is 13.8 Å². The molecule has 0 bridgehead atoms. The molecule has 1 aliphatic heterocycles. The van der Waals surface area contributed by atoms with E-state index in [0.717, 1.165) is 17.2 Å². The zero-order valence-corrected chi connectivity index (χ0v) is 14.8. The van der Waals surface area contributed by atoms with Crippen LogP contribution in [0.2, 0.25) is 0 Å². The molecule has 8 nitrogen and oxygen atoms in total. The second-order valence-electron chi connectivity index (χ2n) is 5.72. The van der Waals surface area contributed by atoms with Crippen molar-refractivity contribution in [2.45, 2.75) is 32.4 Å². The van der Waals surface area contributed by atoms with Crippen molar-refractivity contribution in [1.29, 1.82) is 0 Å². The highest BCUT2D eigenvalue weighted by Crippen LogP contribution is 2.23. The zero-order valence-electron chi connectivity index (χ0n) is 14.0. The lowest BCUT2D eigenvalue weighted by atomic mass is 10.2. The Labute approximate surface area is 144 Å². The van der Waals surface area contributed by atoms with E-state index in [2.05, 4.69) is 20.4 Å². The van der Waals surface area contributed by atoms with Gasteiger partial charge in [-0.1, -0.05) is 5.16 Å². The van der Waals surface area contributed by atoms with Gasteiger partial charge in [-0.2, -0.15) is 4.98 Å². The van der Waals surface area contributed by atoms with E-state index >= 15 is 0 Å². The number of methoxy groups -OCH3 is 1. The first-order valence-electron chi connectivity index (χ1n) is 7.88. The van der Waals surface area contributed by atoms with Gasteiger partial charge < -0.3 is 19.5 Å². The van der Waals surface area contributed by atoms with Crippen molar-refractivity contribution in [3.63, 3.8) is 0 Å². The van der Waals surface area contributed by atoms with E-state index in [1.807, 2.05) is 19.2 Å². The van der Waals surface area contributed by atoms with E-state index in [9.17, 15) is 4.79 Å². The van der Waals surface area contributed by atoms with E-state index in [0.29, 0.717) is 31.2 Å². The summed E-state index contributed by atoms with van der Waals surface area (Å²) in [5, 5.41) is 9.97. The fourth-order valence-electron chi connectivity index (χ4n) is 2.53. The number of hydrogen-bond acceptors (Lipinski definition) is 8. The predicted molar refractivity (Wildman–Crippen MR) is 87.6 cm³/mol. The van der Waals surface area contributed by atoms with Crippen LogP contribution in [0.5, 0.6) is 0 Å². The van der Waals surface area contributed by atoms with Gasteiger partial charge in [0, 0.05) is 25.6 Å². The molecule has 1 saturated heterocycles. The second kappa shape index (κ2) is 7.37. The number of carbonyl (C=O) groups excluding carboxylic acids is 1. The third-order valence-corrected chi connectivity index (χ3v) is 5.10. The Morgan fingerprint density at radius 3 is 3.04 bits per heavy atom. The monoisotopic (exact) mass is 351 g/mol. The first kappa shape index (κ1) is 17.0. The van der Waals surface area contributed by atoms with Crippen LogP contribution in [0.4, 0.5) is 0 Å². The molecule has 0 spiro atoms. The number of carbonyl (C=O) groups is 1. The first-order valence-corrected chi connectivity index (χ1v) is 8.76. The lowest BCUT2D eigenvalue weighted by Gasteiger charge is -2.30. The number of amides is 1. The lowest BCUT2D eigenvalue weighted by molar-refractivity contribution is -0.134. The van der Waals surface area contributed by atoms with Crippen molar-refractivity contribution < 1.29 is 14.1 Å². The molecule has 1 fully saturated rings. The zero-order chi connectivity index (χ0) is 17.1. The Bertz CT molecular complexity index is 701. The Morgan fingerprint density at radius 1 is 1.46 bits per heavy atom. The summed E-state index contributed by atoms with van der Waals surface area (Å²) >= 11 is 1.56. The van der Waals surface area contributed by atoms with E-state index in [-0.39, 0.29) is 18.1 Å². The molecule has 2 unspecified atom stereocenters. The van der Waals surface area contributed by atoms with E-state index < -0.39 is 0 Å². The fraction of sp³-hybridized carbons (Fsp3) is 0.600. The van der Waals surface area contributed by atoms with Gasteiger partial charge in [-0.15, -0.1) is 11.3 Å². The van der Waals surface area contributed by atoms with Crippen LogP contribution in [0, 0.1) is 0 Å². The lowest BCUT2D eigenvalue weighted by Crippen LogP contribution is -2.48. The maximum absolute atomic E-state index is 12.0. The third kappa shape index (κ3) is 3.63. The molecular formula is C15H21N5O3S. The molecule has 0 radical (unpaired) electrons. The summed E-state index contributed by atoms with van der Waals surface area (Å²) in [7, 11) is 1.66. The number of hydrogen-bond donors (Lipinski definition) is 1. The number of nitrogens with zero attached hydrogens (tertiary/aromatic N) is 4. The predicted octanol–water partition coefficient (Wildman–Crippen LogP) is 1.32. The summed E-state index contributed by atoms with van der Waals surface area (Å²) in [6.45, 7) is 5.63. The van der Waals surface area contributed by atoms with Crippen LogP contribution >= 0.6 is 11.3 Å². The summed E-state index contributed by atoms with van der Waals surface area (Å²) in [5.41, 5.74) is 0.886. The molecule has 0 aromatic carbocycles. The highest BCUT2D eigenvalue weighted by atomic mass is 32.1. The van der Waals surface area contributed by atoms with Crippen LogP contribution in [-0.2, 0) is 16.0 Å². The van der Waals surface area contributed by atoms with Crippen LogP contribution in [0.1, 0.15) is 48.4 Å². The molecule has 2 atom stereocenters. The van der Waals surface area contributed by atoms with Crippen LogP contribution in [0.15, 0.2) is 9.90 Å². The maximum Gasteiger partial charge on any atom is 0.249 e. The average molecular weight is 351 g/mol. The molecule has 2 aromatic rings. The van der Waals surface area contributed by atoms with Crippen molar-refractivity contribution in [2.75, 3.05) is 26.7 Å². The molecule has 130 valence electrons. The van der Waals surface area contributed by atoms with Crippen molar-refractivity contribution in [3.05, 3.63) is 27.8 Å². The van der Waals surface area contributed by atoms with Gasteiger partial charge in [-0.25, -0.2) is 4.98 Å². The minimum Gasteiger partial charge on any atom is -0.375 e. The summed E-state index contributed by atoms with van der Waals surface area (Å²) in [6.07, 6.45) is 0.474. The van der Waals surface area contributed by atoms with Crippen molar-refractivity contribution in [2.24, 2.45) is 0 Å². The van der Waals surface area contributed by atoms with E-state index in [1.165, 1.54) is 0 Å². The summed E-state index contributed by atoms with van der Waals surface area (Å²) < 4.78 is 10.6. The summed E-state index contributed by atoms with van der Waals surface area (Å²) in [4.78, 5) is 22.7. The molecule has 1 aliphatic rings. The van der Waals surface area contributed by atoms with E-state index in [1.54, 1.807) is 23.3 Å². The third-order valence-electron chi connectivity index (χ3n) is 4.04. The van der Waals surface area contributed by atoms with Crippen LogP contribution in [0.25, 0.3) is 0 Å². The standard InChI is InChI=1S/C15H21N5O3S/c1-9(20-5-4-16-7-13(20)21)14-18-12(19-23-14)6-11-8-24-15(17-11)10(2)22-3/h8-10,16H,4-7H2,1-3H3. The highest BCUT2D eigenvalue weighted by molar-refractivity contribution is 7.09. The molecule has 1 amide bonds. The second-order valence-corrected chi connectivity index (χ2v) is 6.61. The van der Waals surface area contributed by atoms with Crippen LogP contribution in [-0.4, -0.2) is 52.7 Å². The first-order chi connectivity index (χ1) is 11.6. The maximum atomic E-state index is 12.0. The normalized spacial score (nSPS) is 18.0. The summed E-state index contributed by atoms with van der Waals surface area (Å²) in [6, 6.07) is -0.222. The Kier molecular flexibility index (Phi) is 5.22. The average Bonchev–Trinajstić information content (AvgIpc) is 3.24. The number of aromatic nitrogens is 3. The van der Waals surface area contributed by atoms with Crippen molar-refractivity contribution in [1.82, 2.24) is 25.3 Å². The molecule has 0 aliphatic carbocycles. The largest absolute Gasteiger partial charge is 0.375 e. The molecule has 2 aromatic heterocycles. The number of ether oxygens (including phenoxy) is 1. The highest BCUT2D eigenvalue weighted by Gasteiger charge is 2.27. The molecule has 9 heteroatoms. The number of piperazine rings is 1. The van der Waals surface area contributed by atoms with Crippen LogP contribution < -0.4 is 5.32 Å². The Hall–Kier alpha value is -1.84. The topological polar surface area (TPSA) is 93.4 Å². The SMILES string of the molecule is COC(C)c1nc(Cc2noc(C(C)N3CCNCC3=O)n2)cs1. The smallest absolute Gasteiger partial charge is 0.249 e. The molecular weight excluding hydrogens is 330 g/mol. The Balaban J connectivity index is 1.66.